The van der Waals surface area contributed by atoms with Gasteiger partial charge in [0, 0.05) is 0 Å². The Hall–Kier alpha value is -0.670. The smallest absolute Gasteiger partial charge is 0.189 e. The second-order valence-corrected chi connectivity index (χ2v) is 3.19. The summed E-state index contributed by atoms with van der Waals surface area (Å²) in [6.07, 6.45) is 0. The highest BCUT2D eigenvalue weighted by Crippen LogP contribution is 2.14. The Labute approximate surface area is 73.0 Å². The molecule has 0 fully saturated rings. The summed E-state index contributed by atoms with van der Waals surface area (Å²) >= 11 is 0. The van der Waals surface area contributed by atoms with Crippen LogP contribution < -0.4 is 0 Å². The molecule has 0 unspecified atom stereocenters. The van der Waals surface area contributed by atoms with E-state index in [9.17, 15) is 4.79 Å². The third-order valence-corrected chi connectivity index (χ3v) is 1.49. The number of ketones is 1. The zero-order valence-electron chi connectivity index (χ0n) is 7.89. The molecule has 0 aromatic rings. The first-order chi connectivity index (χ1) is 5.41. The van der Waals surface area contributed by atoms with E-state index >= 15 is 0 Å². The second-order valence-electron chi connectivity index (χ2n) is 3.19. The molecule has 0 aliphatic rings. The van der Waals surface area contributed by atoms with E-state index in [-0.39, 0.29) is 19.0 Å². The molecule has 0 atom stereocenters. The van der Waals surface area contributed by atoms with Gasteiger partial charge in [0.25, 0.3) is 0 Å². The Morgan fingerprint density at radius 3 is 2.42 bits per heavy atom. The Morgan fingerprint density at radius 1 is 1.58 bits per heavy atom. The van der Waals surface area contributed by atoms with Crippen molar-refractivity contribution in [3.05, 3.63) is 12.2 Å². The minimum atomic E-state index is -0.867. The summed E-state index contributed by atoms with van der Waals surface area (Å²) < 4.78 is 5.14. The Kier molecular flexibility index (Phi) is 4.13. The van der Waals surface area contributed by atoms with Crippen molar-refractivity contribution in [2.75, 3.05) is 13.2 Å². The molecule has 0 saturated heterocycles. The summed E-state index contributed by atoms with van der Waals surface area (Å²) in [7, 11) is 0. The zero-order valence-corrected chi connectivity index (χ0v) is 7.89. The third-order valence-electron chi connectivity index (χ3n) is 1.49. The molecule has 0 saturated carbocycles. The lowest BCUT2D eigenvalue weighted by molar-refractivity contribution is -0.137. The number of hydrogen-bond acceptors (Lipinski definition) is 3. The molecule has 70 valence electrons. The van der Waals surface area contributed by atoms with Gasteiger partial charge in [-0.25, -0.2) is 0 Å². The van der Waals surface area contributed by atoms with Gasteiger partial charge in [-0.1, -0.05) is 6.58 Å². The predicted molar refractivity (Wildman–Crippen MR) is 46.9 cm³/mol. The molecule has 0 spiro atoms. The molecule has 0 amide bonds. The molecule has 0 aliphatic heterocycles. The molecule has 3 nitrogen and oxygen atoms in total. The van der Waals surface area contributed by atoms with Gasteiger partial charge < -0.3 is 9.84 Å². The van der Waals surface area contributed by atoms with Gasteiger partial charge in [0.05, 0.1) is 13.2 Å². The lowest BCUT2D eigenvalue weighted by atomic mass is 9.98. The molecule has 12 heavy (non-hydrogen) atoms. The van der Waals surface area contributed by atoms with Crippen molar-refractivity contribution in [3.63, 3.8) is 0 Å². The van der Waals surface area contributed by atoms with Gasteiger partial charge in [0.1, 0.15) is 5.60 Å². The lowest BCUT2D eigenvalue weighted by Gasteiger charge is -2.23. The summed E-state index contributed by atoms with van der Waals surface area (Å²) in [5, 5.41) is 8.49. The number of rotatable bonds is 5. The summed E-state index contributed by atoms with van der Waals surface area (Å²) in [6.45, 7) is 8.61. The number of carbonyl (C=O) groups excluding carboxylic acids is 1. The first-order valence-corrected chi connectivity index (χ1v) is 3.87. The van der Waals surface area contributed by atoms with Crippen molar-refractivity contribution in [1.29, 1.82) is 0 Å². The molecule has 0 radical (unpaired) electrons. The van der Waals surface area contributed by atoms with Gasteiger partial charge >= 0.3 is 0 Å². The Balaban J connectivity index is 4.19. The van der Waals surface area contributed by atoms with Gasteiger partial charge in [-0.2, -0.15) is 0 Å². The van der Waals surface area contributed by atoms with Crippen molar-refractivity contribution in [2.45, 2.75) is 26.4 Å². The fraction of sp³-hybridized carbons (Fsp3) is 0.667. The first-order valence-electron chi connectivity index (χ1n) is 3.87. The maximum absolute atomic E-state index is 11.4. The maximum atomic E-state index is 11.4. The highest BCUT2D eigenvalue weighted by Gasteiger charge is 2.28. The number of ether oxygens (including phenoxy) is 1. The second kappa shape index (κ2) is 4.38. The van der Waals surface area contributed by atoms with Crippen LogP contribution in [0.1, 0.15) is 20.8 Å². The fourth-order valence-corrected chi connectivity index (χ4v) is 0.880. The minimum Gasteiger partial charge on any atom is -0.394 e. The van der Waals surface area contributed by atoms with E-state index in [4.69, 9.17) is 9.84 Å². The quantitative estimate of drug-likeness (QED) is 0.627. The SMILES string of the molecule is C=C(C)C(=O)C(C)(C)OCCO. The molecule has 0 aromatic carbocycles. The van der Waals surface area contributed by atoms with Crippen LogP contribution in [0.2, 0.25) is 0 Å². The first kappa shape index (κ1) is 11.3. The summed E-state index contributed by atoms with van der Waals surface area (Å²) in [6, 6.07) is 0. The van der Waals surface area contributed by atoms with E-state index in [1.165, 1.54) is 0 Å². The average molecular weight is 172 g/mol. The van der Waals surface area contributed by atoms with Crippen molar-refractivity contribution in [3.8, 4) is 0 Å². The van der Waals surface area contributed by atoms with Crippen LogP contribution in [0.4, 0.5) is 0 Å². The van der Waals surface area contributed by atoms with Gasteiger partial charge in [-0.3, -0.25) is 4.79 Å². The van der Waals surface area contributed by atoms with E-state index in [0.717, 1.165) is 0 Å². The van der Waals surface area contributed by atoms with Gasteiger partial charge in [0.15, 0.2) is 5.78 Å². The van der Waals surface area contributed by atoms with Crippen LogP contribution in [0, 0.1) is 0 Å². The molecule has 0 bridgehead atoms. The number of aliphatic hydroxyl groups excluding tert-OH is 1. The van der Waals surface area contributed by atoms with Gasteiger partial charge in [-0.15, -0.1) is 0 Å². The Morgan fingerprint density at radius 2 is 2.08 bits per heavy atom. The van der Waals surface area contributed by atoms with Crippen LogP contribution >= 0.6 is 0 Å². The number of hydrogen-bond donors (Lipinski definition) is 1. The van der Waals surface area contributed by atoms with E-state index < -0.39 is 5.60 Å². The molecule has 0 heterocycles. The largest absolute Gasteiger partial charge is 0.394 e. The van der Waals surface area contributed by atoms with Gasteiger partial charge in [0.2, 0.25) is 0 Å². The molecule has 3 heteroatoms. The molecule has 0 aliphatic carbocycles. The molecule has 1 N–H and O–H groups in total. The zero-order chi connectivity index (χ0) is 9.78. The monoisotopic (exact) mass is 172 g/mol. The van der Waals surface area contributed by atoms with E-state index in [2.05, 4.69) is 6.58 Å². The predicted octanol–water partition coefficient (Wildman–Crippen LogP) is 0.919. The normalized spacial score (nSPS) is 11.3. The maximum Gasteiger partial charge on any atom is 0.189 e. The summed E-state index contributed by atoms with van der Waals surface area (Å²) in [5.74, 6) is -0.129. The van der Waals surface area contributed by atoms with Crippen LogP contribution in [0.25, 0.3) is 0 Å². The van der Waals surface area contributed by atoms with Crippen LogP contribution in [0.5, 0.6) is 0 Å². The molecular weight excluding hydrogens is 156 g/mol. The Bertz CT molecular complexity index is 182. The third kappa shape index (κ3) is 3.15. The fourth-order valence-electron chi connectivity index (χ4n) is 0.880. The van der Waals surface area contributed by atoms with Crippen molar-refractivity contribution in [2.24, 2.45) is 0 Å². The summed E-state index contributed by atoms with van der Waals surface area (Å²) in [5.41, 5.74) is -0.396. The topological polar surface area (TPSA) is 46.5 Å². The number of Topliss-reactive ketones (excluding diaryl/α,β-unsaturated/α-hetero) is 1. The van der Waals surface area contributed by atoms with Crippen LogP contribution in [-0.4, -0.2) is 29.7 Å². The minimum absolute atomic E-state index is 0.0765. The highest BCUT2D eigenvalue weighted by molar-refractivity contribution is 6.00. The van der Waals surface area contributed by atoms with Crippen molar-refractivity contribution >= 4 is 5.78 Å². The standard InChI is InChI=1S/C9H16O3/c1-7(2)8(11)9(3,4)12-6-5-10/h10H,1,5-6H2,2-4H3. The van der Waals surface area contributed by atoms with Crippen LogP contribution in [0.15, 0.2) is 12.2 Å². The van der Waals surface area contributed by atoms with E-state index in [1.807, 2.05) is 0 Å². The van der Waals surface area contributed by atoms with Crippen LogP contribution in [0.3, 0.4) is 0 Å². The molecular formula is C9H16O3. The van der Waals surface area contributed by atoms with Crippen LogP contribution in [-0.2, 0) is 9.53 Å². The highest BCUT2D eigenvalue weighted by atomic mass is 16.5. The molecule has 0 aromatic heterocycles. The summed E-state index contributed by atoms with van der Waals surface area (Å²) in [4.78, 5) is 11.4. The van der Waals surface area contributed by atoms with Gasteiger partial charge in [-0.05, 0) is 26.3 Å². The van der Waals surface area contributed by atoms with Crippen molar-refractivity contribution in [1.82, 2.24) is 0 Å². The van der Waals surface area contributed by atoms with E-state index in [0.29, 0.717) is 5.57 Å². The molecule has 0 rings (SSSR count). The number of aliphatic hydroxyl groups is 1. The average Bonchev–Trinajstić information content (AvgIpc) is 1.99. The van der Waals surface area contributed by atoms with E-state index in [1.54, 1.807) is 20.8 Å². The lowest BCUT2D eigenvalue weighted by Crippen LogP contribution is -2.36. The van der Waals surface area contributed by atoms with Crippen molar-refractivity contribution < 1.29 is 14.6 Å². The number of carbonyl (C=O) groups is 1.